The van der Waals surface area contributed by atoms with Crippen LogP contribution < -0.4 is 0 Å². The van der Waals surface area contributed by atoms with Gasteiger partial charge in [0.2, 0.25) is 5.71 Å². The normalized spacial score (nSPS) is 11.5. The van der Waals surface area contributed by atoms with Crippen LogP contribution in [-0.2, 0) is 0 Å². The maximum Gasteiger partial charge on any atom is 0.227 e. The van der Waals surface area contributed by atoms with E-state index in [0.29, 0.717) is 5.71 Å². The Labute approximate surface area is 138 Å². The summed E-state index contributed by atoms with van der Waals surface area (Å²) in [5.74, 6) is 0. The summed E-state index contributed by atoms with van der Waals surface area (Å²) in [6.07, 6.45) is 3.60. The molecule has 0 spiro atoms. The van der Waals surface area contributed by atoms with Crippen molar-refractivity contribution in [3.05, 3.63) is 72.6 Å². The average molecular weight is 310 g/mol. The number of rotatable bonds is 1. The molecule has 3 heterocycles. The Balaban J connectivity index is 2.03. The molecule has 2 aromatic carbocycles. The number of benzene rings is 2. The molecule has 5 rings (SSSR count). The van der Waals surface area contributed by atoms with Crippen LogP contribution in [0, 0.1) is 6.92 Å². The zero-order chi connectivity index (χ0) is 16.1. The Hall–Kier alpha value is -3.20. The molecule has 0 saturated heterocycles. The van der Waals surface area contributed by atoms with E-state index in [-0.39, 0.29) is 0 Å². The fourth-order valence-corrected chi connectivity index (χ4v) is 3.33. The Morgan fingerprint density at radius 3 is 2.62 bits per heavy atom. The van der Waals surface area contributed by atoms with E-state index in [2.05, 4.69) is 59.4 Å². The van der Waals surface area contributed by atoms with Gasteiger partial charge in [0.25, 0.3) is 0 Å². The molecule has 3 aromatic heterocycles. The van der Waals surface area contributed by atoms with Crippen LogP contribution in [0.3, 0.4) is 0 Å². The first-order valence-electron chi connectivity index (χ1n) is 7.93. The van der Waals surface area contributed by atoms with E-state index in [1.165, 1.54) is 16.3 Å². The third kappa shape index (κ3) is 1.85. The summed E-state index contributed by atoms with van der Waals surface area (Å²) in [5, 5.41) is 4.50. The standard InChI is InChI=1S/C21H14N2O/c1-13-8-10-22-18(11-13)17-12-14-5-2-3-6-15(14)19-16-7-4-9-23-21(16)24-20(17)19/h2-12H,1H3. The van der Waals surface area contributed by atoms with Crippen LogP contribution in [0.15, 0.2) is 71.4 Å². The van der Waals surface area contributed by atoms with E-state index in [1.54, 1.807) is 6.20 Å². The minimum Gasteiger partial charge on any atom is -0.437 e. The molecular formula is C21H14N2O. The molecule has 3 nitrogen and oxygen atoms in total. The minimum atomic E-state index is 0.665. The van der Waals surface area contributed by atoms with Crippen molar-refractivity contribution in [1.29, 1.82) is 0 Å². The van der Waals surface area contributed by atoms with Crippen LogP contribution in [0.2, 0.25) is 0 Å². The van der Waals surface area contributed by atoms with Gasteiger partial charge in [-0.15, -0.1) is 0 Å². The third-order valence-electron chi connectivity index (χ3n) is 4.43. The Kier molecular flexibility index (Phi) is 2.71. The average Bonchev–Trinajstić information content (AvgIpc) is 3.01. The van der Waals surface area contributed by atoms with Gasteiger partial charge in [0.15, 0.2) is 0 Å². The van der Waals surface area contributed by atoms with Crippen molar-refractivity contribution < 1.29 is 4.42 Å². The van der Waals surface area contributed by atoms with E-state index in [9.17, 15) is 0 Å². The highest BCUT2D eigenvalue weighted by Gasteiger charge is 2.17. The Morgan fingerprint density at radius 2 is 1.71 bits per heavy atom. The smallest absolute Gasteiger partial charge is 0.227 e. The summed E-state index contributed by atoms with van der Waals surface area (Å²) in [6.45, 7) is 2.07. The number of aromatic nitrogens is 2. The van der Waals surface area contributed by atoms with E-state index >= 15 is 0 Å². The third-order valence-corrected chi connectivity index (χ3v) is 4.43. The van der Waals surface area contributed by atoms with Gasteiger partial charge in [0.1, 0.15) is 5.58 Å². The molecule has 0 bridgehead atoms. The predicted molar refractivity (Wildman–Crippen MR) is 97.0 cm³/mol. The van der Waals surface area contributed by atoms with Gasteiger partial charge in [-0.2, -0.15) is 0 Å². The number of pyridine rings is 2. The number of hydrogen-bond donors (Lipinski definition) is 0. The lowest BCUT2D eigenvalue weighted by Gasteiger charge is -2.06. The van der Waals surface area contributed by atoms with Crippen molar-refractivity contribution >= 4 is 32.8 Å². The molecule has 0 amide bonds. The molecule has 3 heteroatoms. The van der Waals surface area contributed by atoms with Crippen LogP contribution >= 0.6 is 0 Å². The van der Waals surface area contributed by atoms with E-state index in [0.717, 1.165) is 27.6 Å². The molecule has 0 fully saturated rings. The lowest BCUT2D eigenvalue weighted by Crippen LogP contribution is -1.86. The molecule has 0 unspecified atom stereocenters. The van der Waals surface area contributed by atoms with E-state index in [4.69, 9.17) is 4.42 Å². The number of aryl methyl sites for hydroxylation is 1. The largest absolute Gasteiger partial charge is 0.437 e. The highest BCUT2D eigenvalue weighted by atomic mass is 16.3. The van der Waals surface area contributed by atoms with Gasteiger partial charge in [0.05, 0.1) is 5.69 Å². The first-order valence-corrected chi connectivity index (χ1v) is 7.93. The van der Waals surface area contributed by atoms with Crippen LogP contribution in [-0.4, -0.2) is 9.97 Å². The molecule has 0 saturated carbocycles. The zero-order valence-corrected chi connectivity index (χ0v) is 13.2. The molecule has 0 aliphatic carbocycles. The summed E-state index contributed by atoms with van der Waals surface area (Å²) in [5.41, 5.74) is 4.61. The molecule has 24 heavy (non-hydrogen) atoms. The van der Waals surface area contributed by atoms with Crippen molar-refractivity contribution in [3.8, 4) is 11.3 Å². The second kappa shape index (κ2) is 4.90. The highest BCUT2D eigenvalue weighted by Crippen LogP contribution is 2.39. The number of hydrogen-bond acceptors (Lipinski definition) is 3. The van der Waals surface area contributed by atoms with Crippen LogP contribution in [0.1, 0.15) is 5.56 Å². The maximum atomic E-state index is 6.13. The van der Waals surface area contributed by atoms with Gasteiger partial charge < -0.3 is 4.42 Å². The van der Waals surface area contributed by atoms with E-state index < -0.39 is 0 Å². The summed E-state index contributed by atoms with van der Waals surface area (Å²) >= 11 is 0. The summed E-state index contributed by atoms with van der Waals surface area (Å²) in [6, 6.07) is 18.6. The van der Waals surface area contributed by atoms with Crippen molar-refractivity contribution in [1.82, 2.24) is 9.97 Å². The SMILES string of the molecule is Cc1ccnc(-c2cc3ccccc3c3c2oc2ncccc23)c1. The van der Waals surface area contributed by atoms with E-state index in [1.807, 2.05) is 18.3 Å². The number of furan rings is 1. The predicted octanol–water partition coefficient (Wildman–Crippen LogP) is 5.50. The maximum absolute atomic E-state index is 6.13. The number of fused-ring (bicyclic) bond motifs is 5. The van der Waals surface area contributed by atoms with Crippen molar-refractivity contribution in [2.45, 2.75) is 6.92 Å². The quantitative estimate of drug-likeness (QED) is 0.410. The zero-order valence-electron chi connectivity index (χ0n) is 13.2. The molecule has 0 radical (unpaired) electrons. The first kappa shape index (κ1) is 13.3. The van der Waals surface area contributed by atoms with Crippen LogP contribution in [0.25, 0.3) is 44.1 Å². The Bertz CT molecular complexity index is 1220. The lowest BCUT2D eigenvalue weighted by molar-refractivity contribution is 0.655. The molecule has 114 valence electrons. The van der Waals surface area contributed by atoms with Crippen molar-refractivity contribution in [2.24, 2.45) is 0 Å². The molecule has 0 aliphatic rings. The summed E-state index contributed by atoms with van der Waals surface area (Å²) < 4.78 is 6.13. The first-order chi connectivity index (χ1) is 11.8. The van der Waals surface area contributed by atoms with Crippen molar-refractivity contribution in [2.75, 3.05) is 0 Å². The van der Waals surface area contributed by atoms with Gasteiger partial charge in [-0.05, 0) is 53.6 Å². The molecule has 5 aromatic rings. The van der Waals surface area contributed by atoms with Gasteiger partial charge in [-0.25, -0.2) is 4.98 Å². The minimum absolute atomic E-state index is 0.665. The van der Waals surface area contributed by atoms with Crippen LogP contribution in [0.4, 0.5) is 0 Å². The molecule has 0 atom stereocenters. The van der Waals surface area contributed by atoms with Gasteiger partial charge in [-0.1, -0.05) is 24.3 Å². The monoisotopic (exact) mass is 310 g/mol. The van der Waals surface area contributed by atoms with Gasteiger partial charge in [-0.3, -0.25) is 4.98 Å². The van der Waals surface area contributed by atoms with Crippen LogP contribution in [0.5, 0.6) is 0 Å². The lowest BCUT2D eigenvalue weighted by atomic mass is 9.98. The molecular weight excluding hydrogens is 296 g/mol. The summed E-state index contributed by atoms with van der Waals surface area (Å²) in [7, 11) is 0. The summed E-state index contributed by atoms with van der Waals surface area (Å²) in [4.78, 5) is 8.95. The van der Waals surface area contributed by atoms with Gasteiger partial charge in [0, 0.05) is 28.7 Å². The highest BCUT2D eigenvalue weighted by molar-refractivity contribution is 6.21. The topological polar surface area (TPSA) is 38.9 Å². The fourth-order valence-electron chi connectivity index (χ4n) is 3.33. The second-order valence-corrected chi connectivity index (χ2v) is 6.03. The fraction of sp³-hybridized carbons (Fsp3) is 0.0476. The molecule has 0 aliphatic heterocycles. The van der Waals surface area contributed by atoms with Crippen molar-refractivity contribution in [3.63, 3.8) is 0 Å². The Morgan fingerprint density at radius 1 is 0.833 bits per heavy atom. The molecule has 0 N–H and O–H groups in total. The van der Waals surface area contributed by atoms with Gasteiger partial charge >= 0.3 is 0 Å². The number of nitrogens with zero attached hydrogens (tertiary/aromatic N) is 2. The second-order valence-electron chi connectivity index (χ2n) is 6.03.